The molecular formula is C22H22N2O3. The van der Waals surface area contributed by atoms with E-state index in [1.165, 1.54) is 6.21 Å². The SMILES string of the molecule is CC1=CCC(C(=O)O)(C(=O)NN=Cc2ccccc2)C(c2ccccc2)C1. The van der Waals surface area contributed by atoms with Crippen molar-refractivity contribution in [2.75, 3.05) is 0 Å². The maximum Gasteiger partial charge on any atom is 0.320 e. The molecule has 2 unspecified atom stereocenters. The van der Waals surface area contributed by atoms with Crippen LogP contribution >= 0.6 is 0 Å². The highest BCUT2D eigenvalue weighted by molar-refractivity contribution is 6.03. The number of hydrogen-bond donors (Lipinski definition) is 2. The van der Waals surface area contributed by atoms with Gasteiger partial charge in [0.05, 0.1) is 6.21 Å². The molecule has 2 aromatic carbocycles. The van der Waals surface area contributed by atoms with Crippen LogP contribution in [0.4, 0.5) is 0 Å². The molecule has 3 rings (SSSR count). The van der Waals surface area contributed by atoms with E-state index in [9.17, 15) is 14.7 Å². The molecule has 0 heterocycles. The molecule has 2 aromatic rings. The van der Waals surface area contributed by atoms with E-state index in [0.717, 1.165) is 16.7 Å². The Labute approximate surface area is 158 Å². The summed E-state index contributed by atoms with van der Waals surface area (Å²) in [5, 5.41) is 14.0. The van der Waals surface area contributed by atoms with Crippen LogP contribution < -0.4 is 5.43 Å². The number of carbonyl (C=O) groups excluding carboxylic acids is 1. The van der Waals surface area contributed by atoms with Gasteiger partial charge in [-0.05, 0) is 30.9 Å². The number of rotatable bonds is 5. The topological polar surface area (TPSA) is 78.8 Å². The number of amides is 1. The number of hydrazone groups is 1. The molecule has 0 radical (unpaired) electrons. The summed E-state index contributed by atoms with van der Waals surface area (Å²) in [5.41, 5.74) is 3.62. The number of aliphatic carboxylic acids is 1. The second-order valence-corrected chi connectivity index (χ2v) is 6.81. The zero-order valence-electron chi connectivity index (χ0n) is 15.1. The zero-order chi connectivity index (χ0) is 19.3. The minimum absolute atomic E-state index is 0.139. The molecule has 1 aliphatic rings. The summed E-state index contributed by atoms with van der Waals surface area (Å²) in [7, 11) is 0. The number of nitrogens with one attached hydrogen (secondary N) is 1. The lowest BCUT2D eigenvalue weighted by Crippen LogP contribution is -2.50. The summed E-state index contributed by atoms with van der Waals surface area (Å²) in [6.07, 6.45) is 4.01. The lowest BCUT2D eigenvalue weighted by Gasteiger charge is -2.38. The van der Waals surface area contributed by atoms with Crippen molar-refractivity contribution >= 4 is 18.1 Å². The maximum absolute atomic E-state index is 13.0. The number of carboxylic acids is 1. The summed E-state index contributed by atoms with van der Waals surface area (Å²) in [4.78, 5) is 25.3. The van der Waals surface area contributed by atoms with Crippen LogP contribution in [0.2, 0.25) is 0 Å². The molecule has 5 heteroatoms. The summed E-state index contributed by atoms with van der Waals surface area (Å²) >= 11 is 0. The third-order valence-corrected chi connectivity index (χ3v) is 5.06. The molecule has 0 spiro atoms. The first-order chi connectivity index (χ1) is 13.0. The van der Waals surface area contributed by atoms with Gasteiger partial charge in [0.1, 0.15) is 0 Å². The average molecular weight is 362 g/mol. The number of nitrogens with zero attached hydrogens (tertiary/aromatic N) is 1. The molecule has 138 valence electrons. The number of carboxylic acid groups (broad SMARTS) is 1. The first kappa shape index (κ1) is 18.6. The van der Waals surface area contributed by atoms with Crippen LogP contribution in [0.1, 0.15) is 36.8 Å². The second-order valence-electron chi connectivity index (χ2n) is 6.81. The Kier molecular flexibility index (Phi) is 5.50. The zero-order valence-corrected chi connectivity index (χ0v) is 15.1. The molecule has 1 aliphatic carbocycles. The van der Waals surface area contributed by atoms with Gasteiger partial charge in [-0.1, -0.05) is 72.3 Å². The van der Waals surface area contributed by atoms with Crippen LogP contribution in [0.25, 0.3) is 0 Å². The molecular weight excluding hydrogens is 340 g/mol. The van der Waals surface area contributed by atoms with Gasteiger partial charge in [0, 0.05) is 5.92 Å². The molecule has 0 aromatic heterocycles. The van der Waals surface area contributed by atoms with Crippen LogP contribution in [0, 0.1) is 5.41 Å². The fourth-order valence-corrected chi connectivity index (χ4v) is 3.53. The van der Waals surface area contributed by atoms with Crippen molar-refractivity contribution in [3.63, 3.8) is 0 Å². The van der Waals surface area contributed by atoms with Crippen LogP contribution in [0.15, 0.2) is 77.4 Å². The van der Waals surface area contributed by atoms with Crippen molar-refractivity contribution < 1.29 is 14.7 Å². The van der Waals surface area contributed by atoms with Crippen molar-refractivity contribution in [1.29, 1.82) is 0 Å². The fraction of sp³-hybridized carbons (Fsp3) is 0.227. The fourth-order valence-electron chi connectivity index (χ4n) is 3.53. The first-order valence-corrected chi connectivity index (χ1v) is 8.86. The Morgan fingerprint density at radius 3 is 2.37 bits per heavy atom. The minimum atomic E-state index is -1.59. The lowest BCUT2D eigenvalue weighted by atomic mass is 9.64. The summed E-state index contributed by atoms with van der Waals surface area (Å²) in [5.74, 6) is -2.18. The predicted molar refractivity (Wildman–Crippen MR) is 104 cm³/mol. The number of hydrogen-bond acceptors (Lipinski definition) is 3. The van der Waals surface area contributed by atoms with E-state index >= 15 is 0 Å². The number of carbonyl (C=O) groups is 2. The highest BCUT2D eigenvalue weighted by Crippen LogP contribution is 2.47. The number of allylic oxidation sites excluding steroid dienone is 2. The van der Waals surface area contributed by atoms with E-state index in [0.29, 0.717) is 6.42 Å². The molecule has 1 amide bonds. The van der Waals surface area contributed by atoms with Crippen molar-refractivity contribution in [3.05, 3.63) is 83.4 Å². The smallest absolute Gasteiger partial charge is 0.320 e. The Balaban J connectivity index is 1.91. The van der Waals surface area contributed by atoms with Gasteiger partial charge in [0.25, 0.3) is 5.91 Å². The van der Waals surface area contributed by atoms with Gasteiger partial charge < -0.3 is 5.11 Å². The minimum Gasteiger partial charge on any atom is -0.480 e. The van der Waals surface area contributed by atoms with Crippen LogP contribution in [-0.2, 0) is 9.59 Å². The van der Waals surface area contributed by atoms with Crippen molar-refractivity contribution in [3.8, 4) is 0 Å². The van der Waals surface area contributed by atoms with Crippen LogP contribution in [-0.4, -0.2) is 23.2 Å². The van der Waals surface area contributed by atoms with Crippen molar-refractivity contribution in [2.45, 2.75) is 25.7 Å². The van der Waals surface area contributed by atoms with E-state index < -0.39 is 23.2 Å². The molecule has 27 heavy (non-hydrogen) atoms. The van der Waals surface area contributed by atoms with Gasteiger partial charge in [0.2, 0.25) is 0 Å². The monoisotopic (exact) mass is 362 g/mol. The molecule has 0 bridgehead atoms. The van der Waals surface area contributed by atoms with Gasteiger partial charge in [-0.3, -0.25) is 9.59 Å². The Hall–Kier alpha value is -3.21. The van der Waals surface area contributed by atoms with Gasteiger partial charge in [-0.2, -0.15) is 5.10 Å². The summed E-state index contributed by atoms with van der Waals surface area (Å²) < 4.78 is 0. The van der Waals surface area contributed by atoms with Gasteiger partial charge in [-0.15, -0.1) is 0 Å². The van der Waals surface area contributed by atoms with Gasteiger partial charge in [0.15, 0.2) is 5.41 Å². The normalized spacial score (nSPS) is 22.3. The maximum atomic E-state index is 13.0. The summed E-state index contributed by atoms with van der Waals surface area (Å²) in [6.45, 7) is 1.97. The molecule has 2 atom stereocenters. The predicted octanol–water partition coefficient (Wildman–Crippen LogP) is 3.73. The van der Waals surface area contributed by atoms with Crippen LogP contribution in [0.5, 0.6) is 0 Å². The quantitative estimate of drug-likeness (QED) is 0.368. The molecule has 0 saturated carbocycles. The molecule has 0 aliphatic heterocycles. The van der Waals surface area contributed by atoms with Crippen LogP contribution in [0.3, 0.4) is 0 Å². The first-order valence-electron chi connectivity index (χ1n) is 8.86. The number of benzene rings is 2. The van der Waals surface area contributed by atoms with Crippen molar-refractivity contribution in [2.24, 2.45) is 10.5 Å². The molecule has 0 fully saturated rings. The molecule has 2 N–H and O–H groups in total. The Morgan fingerprint density at radius 2 is 1.74 bits per heavy atom. The third-order valence-electron chi connectivity index (χ3n) is 5.06. The Bertz CT molecular complexity index is 875. The lowest BCUT2D eigenvalue weighted by molar-refractivity contribution is -0.158. The van der Waals surface area contributed by atoms with E-state index in [-0.39, 0.29) is 6.42 Å². The summed E-state index contributed by atoms with van der Waals surface area (Å²) in [6, 6.07) is 18.7. The molecule has 5 nitrogen and oxygen atoms in total. The second kappa shape index (κ2) is 7.99. The standard InChI is InChI=1S/C22H22N2O3/c1-16-12-13-22(21(26)27,19(14-16)18-10-6-3-7-11-18)20(25)24-23-15-17-8-4-2-5-9-17/h2-12,15,19H,13-14H2,1H3,(H,24,25)(H,26,27). The van der Waals surface area contributed by atoms with Gasteiger partial charge >= 0.3 is 5.97 Å². The van der Waals surface area contributed by atoms with E-state index in [1.807, 2.05) is 73.7 Å². The van der Waals surface area contributed by atoms with E-state index in [2.05, 4.69) is 10.5 Å². The highest BCUT2D eigenvalue weighted by atomic mass is 16.4. The van der Waals surface area contributed by atoms with E-state index in [1.54, 1.807) is 0 Å². The third kappa shape index (κ3) is 3.82. The highest BCUT2D eigenvalue weighted by Gasteiger charge is 2.53. The average Bonchev–Trinajstić information content (AvgIpc) is 2.69. The Morgan fingerprint density at radius 1 is 1.11 bits per heavy atom. The van der Waals surface area contributed by atoms with E-state index in [4.69, 9.17) is 0 Å². The van der Waals surface area contributed by atoms with Gasteiger partial charge in [-0.25, -0.2) is 5.43 Å². The largest absolute Gasteiger partial charge is 0.480 e. The van der Waals surface area contributed by atoms with Crippen molar-refractivity contribution in [1.82, 2.24) is 5.43 Å². The molecule has 0 saturated heterocycles.